The third kappa shape index (κ3) is 5.54. The molecular formula is C20H14BrCl2NO6S. The maximum atomic E-state index is 12.3. The quantitative estimate of drug-likeness (QED) is 0.460. The molecular weight excluding hydrogens is 533 g/mol. The predicted octanol–water partition coefficient (Wildman–Crippen LogP) is 5.46. The molecule has 3 rings (SSSR count). The molecule has 31 heavy (non-hydrogen) atoms. The number of methoxy groups -OCH3 is 1. The Hall–Kier alpha value is -2.20. The van der Waals surface area contributed by atoms with Gasteiger partial charge in [0.05, 0.1) is 16.5 Å². The Morgan fingerprint density at radius 2 is 2.00 bits per heavy atom. The Morgan fingerprint density at radius 3 is 2.65 bits per heavy atom. The van der Waals surface area contributed by atoms with E-state index in [4.69, 9.17) is 37.8 Å². The van der Waals surface area contributed by atoms with E-state index >= 15 is 0 Å². The molecule has 0 bridgehead atoms. The molecule has 0 radical (unpaired) electrons. The third-order valence-corrected chi connectivity index (χ3v) is 6.19. The molecule has 2 aromatic rings. The summed E-state index contributed by atoms with van der Waals surface area (Å²) >= 11 is 16.2. The molecule has 2 aromatic carbocycles. The lowest BCUT2D eigenvalue weighted by atomic mass is 10.1. The average molecular weight is 547 g/mol. The van der Waals surface area contributed by atoms with Crippen molar-refractivity contribution in [2.45, 2.75) is 6.61 Å². The van der Waals surface area contributed by atoms with Crippen molar-refractivity contribution in [3.05, 3.63) is 60.9 Å². The molecule has 7 nitrogen and oxygen atoms in total. The molecule has 0 spiro atoms. The Labute approximate surface area is 200 Å². The molecule has 1 N–H and O–H groups in total. The third-order valence-electron chi connectivity index (χ3n) is 4.10. The number of rotatable bonds is 7. The molecule has 0 aromatic heterocycles. The summed E-state index contributed by atoms with van der Waals surface area (Å²) in [5.74, 6) is -1.12. The fourth-order valence-electron chi connectivity index (χ4n) is 2.67. The van der Waals surface area contributed by atoms with Gasteiger partial charge in [0.15, 0.2) is 11.5 Å². The van der Waals surface area contributed by atoms with Crippen molar-refractivity contribution >= 4 is 74.1 Å². The van der Waals surface area contributed by atoms with Crippen molar-refractivity contribution in [1.82, 2.24) is 4.90 Å². The van der Waals surface area contributed by atoms with Gasteiger partial charge in [-0.15, -0.1) is 0 Å². The summed E-state index contributed by atoms with van der Waals surface area (Å²) in [6, 6.07) is 8.40. The summed E-state index contributed by atoms with van der Waals surface area (Å²) in [4.78, 5) is 35.9. The van der Waals surface area contributed by atoms with E-state index in [1.807, 2.05) is 0 Å². The second-order valence-electron chi connectivity index (χ2n) is 6.22. The summed E-state index contributed by atoms with van der Waals surface area (Å²) in [5.41, 5.74) is 1.29. The normalized spacial score (nSPS) is 15.0. The number of carboxylic acid groups (broad SMARTS) is 1. The van der Waals surface area contributed by atoms with Gasteiger partial charge in [-0.05, 0) is 63.6 Å². The van der Waals surface area contributed by atoms with Gasteiger partial charge in [-0.25, -0.2) is 0 Å². The minimum atomic E-state index is -1.27. The first-order valence-corrected chi connectivity index (χ1v) is 11.0. The number of carboxylic acids is 1. The number of carbonyl (C=O) groups is 3. The van der Waals surface area contributed by atoms with Gasteiger partial charge in [-0.3, -0.25) is 19.3 Å². The van der Waals surface area contributed by atoms with Gasteiger partial charge in [0.2, 0.25) is 0 Å². The largest absolute Gasteiger partial charge is 0.493 e. The highest BCUT2D eigenvalue weighted by Crippen LogP contribution is 2.39. The fourth-order valence-corrected chi connectivity index (χ4v) is 4.55. The lowest BCUT2D eigenvalue weighted by Crippen LogP contribution is -2.33. The Balaban J connectivity index is 1.84. The van der Waals surface area contributed by atoms with E-state index in [-0.39, 0.29) is 11.5 Å². The first kappa shape index (κ1) is 23.5. The molecule has 162 valence electrons. The van der Waals surface area contributed by atoms with Crippen molar-refractivity contribution in [1.29, 1.82) is 0 Å². The molecule has 1 heterocycles. The number of thioether (sulfide) groups is 1. The van der Waals surface area contributed by atoms with E-state index in [2.05, 4.69) is 15.9 Å². The van der Waals surface area contributed by atoms with Crippen LogP contribution < -0.4 is 9.47 Å². The highest BCUT2D eigenvalue weighted by atomic mass is 79.9. The van der Waals surface area contributed by atoms with Crippen LogP contribution in [0.4, 0.5) is 4.79 Å². The molecule has 1 saturated heterocycles. The zero-order valence-corrected chi connectivity index (χ0v) is 19.8. The highest BCUT2D eigenvalue weighted by molar-refractivity contribution is 9.10. The predicted molar refractivity (Wildman–Crippen MR) is 122 cm³/mol. The molecule has 1 fully saturated rings. The summed E-state index contributed by atoms with van der Waals surface area (Å²) < 4.78 is 11.8. The van der Waals surface area contributed by atoms with Gasteiger partial charge in [-0.2, -0.15) is 0 Å². The van der Waals surface area contributed by atoms with E-state index in [9.17, 15) is 14.4 Å². The van der Waals surface area contributed by atoms with Crippen LogP contribution in [0.5, 0.6) is 11.5 Å². The minimum absolute atomic E-state index is 0.113. The number of benzene rings is 2. The molecule has 1 aliphatic heterocycles. The SMILES string of the molecule is COc1cc(/C=C2/SC(=O)N(CC(=O)O)C2=O)cc(Br)c1OCc1ccc(Cl)cc1Cl. The summed E-state index contributed by atoms with van der Waals surface area (Å²) in [6.07, 6.45) is 1.49. The van der Waals surface area contributed by atoms with Crippen LogP contribution in [0.3, 0.4) is 0 Å². The lowest BCUT2D eigenvalue weighted by molar-refractivity contribution is -0.140. The minimum Gasteiger partial charge on any atom is -0.493 e. The summed E-state index contributed by atoms with van der Waals surface area (Å²) in [5, 5.41) is 9.21. The van der Waals surface area contributed by atoms with Crippen LogP contribution >= 0.6 is 50.9 Å². The number of imide groups is 1. The number of aliphatic carboxylic acids is 1. The Morgan fingerprint density at radius 1 is 1.26 bits per heavy atom. The maximum absolute atomic E-state index is 12.3. The van der Waals surface area contributed by atoms with Crippen LogP contribution in [0.25, 0.3) is 6.08 Å². The summed E-state index contributed by atoms with van der Waals surface area (Å²) in [7, 11) is 1.47. The molecule has 11 heteroatoms. The number of halogens is 3. The van der Waals surface area contributed by atoms with Gasteiger partial charge >= 0.3 is 5.97 Å². The zero-order chi connectivity index (χ0) is 22.7. The van der Waals surface area contributed by atoms with Crippen LogP contribution in [0.1, 0.15) is 11.1 Å². The van der Waals surface area contributed by atoms with Crippen molar-refractivity contribution in [2.75, 3.05) is 13.7 Å². The van der Waals surface area contributed by atoms with Crippen molar-refractivity contribution in [3.8, 4) is 11.5 Å². The van der Waals surface area contributed by atoms with Gasteiger partial charge < -0.3 is 14.6 Å². The van der Waals surface area contributed by atoms with Crippen molar-refractivity contribution < 1.29 is 29.0 Å². The molecule has 2 amide bonds. The van der Waals surface area contributed by atoms with E-state index in [1.54, 1.807) is 30.3 Å². The average Bonchev–Trinajstić information content (AvgIpc) is 2.95. The number of ether oxygens (including phenoxy) is 2. The van der Waals surface area contributed by atoms with Gasteiger partial charge in [0, 0.05) is 15.6 Å². The van der Waals surface area contributed by atoms with E-state index in [0.29, 0.717) is 48.2 Å². The molecule has 1 aliphatic rings. The topological polar surface area (TPSA) is 93.1 Å². The lowest BCUT2D eigenvalue weighted by Gasteiger charge is -2.14. The first-order valence-electron chi connectivity index (χ1n) is 8.61. The number of carbonyl (C=O) groups excluding carboxylic acids is 2. The fraction of sp³-hybridized carbons (Fsp3) is 0.150. The smallest absolute Gasteiger partial charge is 0.323 e. The van der Waals surface area contributed by atoms with Crippen LogP contribution in [0.2, 0.25) is 10.0 Å². The van der Waals surface area contributed by atoms with Gasteiger partial charge in [0.1, 0.15) is 13.2 Å². The van der Waals surface area contributed by atoms with Gasteiger partial charge in [0.25, 0.3) is 11.1 Å². The second-order valence-corrected chi connectivity index (χ2v) is 8.91. The number of hydrogen-bond donors (Lipinski definition) is 1. The monoisotopic (exact) mass is 545 g/mol. The zero-order valence-electron chi connectivity index (χ0n) is 15.9. The van der Waals surface area contributed by atoms with Crippen LogP contribution in [0, 0.1) is 0 Å². The highest BCUT2D eigenvalue weighted by Gasteiger charge is 2.36. The van der Waals surface area contributed by atoms with Crippen molar-refractivity contribution in [3.63, 3.8) is 0 Å². The number of hydrogen-bond acceptors (Lipinski definition) is 6. The number of nitrogens with zero attached hydrogens (tertiary/aromatic N) is 1. The summed E-state index contributed by atoms with van der Waals surface area (Å²) in [6.45, 7) is -0.520. The van der Waals surface area contributed by atoms with Gasteiger partial charge in [-0.1, -0.05) is 29.3 Å². The van der Waals surface area contributed by atoms with E-state index in [1.165, 1.54) is 13.2 Å². The van der Waals surface area contributed by atoms with Crippen LogP contribution in [-0.2, 0) is 16.2 Å². The van der Waals surface area contributed by atoms with Crippen LogP contribution in [-0.4, -0.2) is 40.8 Å². The molecule has 0 unspecified atom stereocenters. The second kappa shape index (κ2) is 9.95. The first-order chi connectivity index (χ1) is 14.7. The van der Waals surface area contributed by atoms with E-state index in [0.717, 1.165) is 5.56 Å². The Kier molecular flexibility index (Phi) is 7.53. The maximum Gasteiger partial charge on any atom is 0.323 e. The van der Waals surface area contributed by atoms with Crippen LogP contribution in [0.15, 0.2) is 39.7 Å². The van der Waals surface area contributed by atoms with Crippen molar-refractivity contribution in [2.24, 2.45) is 0 Å². The Bertz CT molecular complexity index is 1110. The van der Waals surface area contributed by atoms with E-state index < -0.39 is 23.7 Å². The standard InChI is InChI=1S/C20H14BrCl2NO6S/c1-29-15-5-10(6-16-19(27)24(8-17(25)26)20(28)31-16)4-13(21)18(15)30-9-11-2-3-12(22)7-14(11)23/h2-7H,8-9H2,1H3,(H,25,26)/b16-6+. The number of amides is 2. The molecule has 0 aliphatic carbocycles. The molecule has 0 saturated carbocycles. The molecule has 0 atom stereocenters.